The highest BCUT2D eigenvalue weighted by Crippen LogP contribution is 2.29. The fourth-order valence-corrected chi connectivity index (χ4v) is 4.47. The van der Waals surface area contributed by atoms with Crippen molar-refractivity contribution in [3.05, 3.63) is 18.1 Å². The topological polar surface area (TPSA) is 79.1 Å². The lowest BCUT2D eigenvalue weighted by atomic mass is 10.1. The van der Waals surface area contributed by atoms with Crippen LogP contribution in [0.5, 0.6) is 5.88 Å². The molecular weight excluding hydrogens is 324 g/mol. The largest absolute Gasteiger partial charge is 0.470 e. The van der Waals surface area contributed by atoms with E-state index in [0.29, 0.717) is 17.5 Å². The molecule has 1 aromatic heterocycles. The molecular formula is C17H22N4O2S. The van der Waals surface area contributed by atoms with E-state index >= 15 is 0 Å². The number of amides is 1. The van der Waals surface area contributed by atoms with Crippen LogP contribution in [0.1, 0.15) is 44.2 Å². The third-order valence-electron chi connectivity index (χ3n) is 4.52. The Morgan fingerprint density at radius 1 is 1.29 bits per heavy atom. The van der Waals surface area contributed by atoms with Crippen LogP contribution >= 0.6 is 11.8 Å². The van der Waals surface area contributed by atoms with Crippen LogP contribution < -0.4 is 4.74 Å². The van der Waals surface area contributed by atoms with Gasteiger partial charge in [-0.25, -0.2) is 9.97 Å². The molecule has 1 saturated carbocycles. The fourth-order valence-electron chi connectivity index (χ4n) is 3.24. The molecule has 1 aromatic rings. The smallest absolute Gasteiger partial charge is 0.251 e. The summed E-state index contributed by atoms with van der Waals surface area (Å²) in [7, 11) is 0. The zero-order valence-corrected chi connectivity index (χ0v) is 14.5. The van der Waals surface area contributed by atoms with Crippen LogP contribution in [-0.2, 0) is 4.79 Å². The van der Waals surface area contributed by atoms with Gasteiger partial charge < -0.3 is 9.64 Å². The van der Waals surface area contributed by atoms with Gasteiger partial charge in [0.1, 0.15) is 12.2 Å². The van der Waals surface area contributed by atoms with Crippen molar-refractivity contribution in [1.29, 1.82) is 5.26 Å². The van der Waals surface area contributed by atoms with Gasteiger partial charge in [-0.2, -0.15) is 5.26 Å². The van der Waals surface area contributed by atoms with E-state index in [1.807, 2.05) is 11.0 Å². The Balaban J connectivity index is 1.52. The molecule has 0 N–H and O–H groups in total. The summed E-state index contributed by atoms with van der Waals surface area (Å²) < 4.78 is 5.84. The van der Waals surface area contributed by atoms with Gasteiger partial charge in [0.25, 0.3) is 5.88 Å². The van der Waals surface area contributed by atoms with E-state index in [4.69, 9.17) is 10.00 Å². The van der Waals surface area contributed by atoms with E-state index < -0.39 is 0 Å². The number of thioether (sulfide) groups is 1. The maximum atomic E-state index is 12.4. The first-order valence-corrected chi connectivity index (χ1v) is 9.58. The first kappa shape index (κ1) is 17.0. The highest BCUT2D eigenvalue weighted by atomic mass is 32.2. The highest BCUT2D eigenvalue weighted by Gasteiger charge is 2.27. The molecule has 0 bridgehead atoms. The monoisotopic (exact) mass is 346 g/mol. The van der Waals surface area contributed by atoms with Gasteiger partial charge in [0, 0.05) is 24.2 Å². The molecule has 6 nitrogen and oxygen atoms in total. The van der Waals surface area contributed by atoms with Crippen LogP contribution in [0.15, 0.2) is 12.4 Å². The lowest BCUT2D eigenvalue weighted by Crippen LogP contribution is -2.45. The summed E-state index contributed by atoms with van der Waals surface area (Å²) >= 11 is 1.80. The molecule has 128 valence electrons. The van der Waals surface area contributed by atoms with Crippen molar-refractivity contribution in [1.82, 2.24) is 14.9 Å². The molecule has 1 atom stereocenters. The lowest BCUT2D eigenvalue weighted by Gasteiger charge is -2.32. The van der Waals surface area contributed by atoms with Crippen LogP contribution in [0.3, 0.4) is 0 Å². The van der Waals surface area contributed by atoms with Gasteiger partial charge in [0.2, 0.25) is 11.6 Å². The second-order valence-corrected chi connectivity index (χ2v) is 7.55. The SMILES string of the molecule is N#Cc1nccnc1OC1CCCN(C(=O)CSC2CCCC2)C1. The molecule has 1 amide bonds. The molecule has 1 aliphatic carbocycles. The number of piperidine rings is 1. The van der Waals surface area contributed by atoms with Crippen molar-refractivity contribution >= 4 is 17.7 Å². The Kier molecular flexibility index (Phi) is 5.91. The van der Waals surface area contributed by atoms with Gasteiger partial charge in [0.05, 0.1) is 12.3 Å². The Hall–Kier alpha value is -1.81. The Labute approximate surface area is 146 Å². The highest BCUT2D eigenvalue weighted by molar-refractivity contribution is 8.00. The molecule has 0 spiro atoms. The number of carbonyl (C=O) groups excluding carboxylic acids is 1. The van der Waals surface area contributed by atoms with Crippen molar-refractivity contribution in [2.24, 2.45) is 0 Å². The summed E-state index contributed by atoms with van der Waals surface area (Å²) in [5, 5.41) is 9.72. The molecule has 1 saturated heterocycles. The molecule has 0 radical (unpaired) electrons. The zero-order chi connectivity index (χ0) is 16.8. The number of carbonyl (C=O) groups is 1. The summed E-state index contributed by atoms with van der Waals surface area (Å²) in [6.45, 7) is 1.35. The average molecular weight is 346 g/mol. The molecule has 2 heterocycles. The molecule has 3 rings (SSSR count). The predicted molar refractivity (Wildman–Crippen MR) is 91.7 cm³/mol. The number of nitriles is 1. The summed E-state index contributed by atoms with van der Waals surface area (Å²) in [4.78, 5) is 22.4. The van der Waals surface area contributed by atoms with Gasteiger partial charge in [-0.3, -0.25) is 4.79 Å². The molecule has 1 unspecified atom stereocenters. The first-order valence-electron chi connectivity index (χ1n) is 8.53. The Bertz CT molecular complexity index is 613. The summed E-state index contributed by atoms with van der Waals surface area (Å²) in [5.41, 5.74) is 0.192. The number of hydrogen-bond acceptors (Lipinski definition) is 6. The summed E-state index contributed by atoms with van der Waals surface area (Å²) in [6, 6.07) is 1.99. The van der Waals surface area contributed by atoms with Crippen molar-refractivity contribution in [3.63, 3.8) is 0 Å². The van der Waals surface area contributed by atoms with Crippen molar-refractivity contribution in [2.45, 2.75) is 49.9 Å². The Morgan fingerprint density at radius 2 is 2.08 bits per heavy atom. The van der Waals surface area contributed by atoms with Gasteiger partial charge in [0.15, 0.2) is 0 Å². The van der Waals surface area contributed by atoms with Crippen LogP contribution in [-0.4, -0.2) is 51.0 Å². The van der Waals surface area contributed by atoms with Gasteiger partial charge in [-0.1, -0.05) is 12.8 Å². The standard InChI is InChI=1S/C17H22N4O2S/c18-10-15-17(20-8-7-19-15)23-13-4-3-9-21(11-13)16(22)12-24-14-5-1-2-6-14/h7-8,13-14H,1-6,9,11-12H2. The maximum absolute atomic E-state index is 12.4. The molecule has 1 aliphatic heterocycles. The second kappa shape index (κ2) is 8.34. The van der Waals surface area contributed by atoms with E-state index in [0.717, 1.165) is 19.4 Å². The maximum Gasteiger partial charge on any atom is 0.251 e. The number of likely N-dealkylation sites (tertiary alicyclic amines) is 1. The van der Waals surface area contributed by atoms with E-state index in [9.17, 15) is 4.79 Å². The third-order valence-corrected chi connectivity index (χ3v) is 5.88. The quantitative estimate of drug-likeness (QED) is 0.814. The van der Waals surface area contributed by atoms with E-state index in [1.165, 1.54) is 38.1 Å². The average Bonchev–Trinajstić information content (AvgIpc) is 3.14. The molecule has 24 heavy (non-hydrogen) atoms. The van der Waals surface area contributed by atoms with Crippen LogP contribution in [0.4, 0.5) is 0 Å². The number of aromatic nitrogens is 2. The molecule has 0 aromatic carbocycles. The molecule has 7 heteroatoms. The van der Waals surface area contributed by atoms with Crippen LogP contribution in [0.25, 0.3) is 0 Å². The minimum absolute atomic E-state index is 0.122. The lowest BCUT2D eigenvalue weighted by molar-refractivity contribution is -0.130. The normalized spacial score (nSPS) is 21.5. The number of ether oxygens (including phenoxy) is 1. The van der Waals surface area contributed by atoms with E-state index in [1.54, 1.807) is 11.8 Å². The van der Waals surface area contributed by atoms with E-state index in [-0.39, 0.29) is 23.6 Å². The summed E-state index contributed by atoms with van der Waals surface area (Å²) in [5.74, 6) is 1.02. The molecule has 2 aliphatic rings. The van der Waals surface area contributed by atoms with E-state index in [2.05, 4.69) is 9.97 Å². The second-order valence-electron chi connectivity index (χ2n) is 6.26. The number of hydrogen-bond donors (Lipinski definition) is 0. The van der Waals surface area contributed by atoms with Crippen LogP contribution in [0.2, 0.25) is 0 Å². The predicted octanol–water partition coefficient (Wildman–Crippen LogP) is 2.39. The molecule has 2 fully saturated rings. The van der Waals surface area contributed by atoms with Gasteiger partial charge in [-0.05, 0) is 25.7 Å². The Morgan fingerprint density at radius 3 is 2.88 bits per heavy atom. The number of rotatable bonds is 5. The number of nitrogens with zero attached hydrogens (tertiary/aromatic N) is 4. The van der Waals surface area contributed by atoms with Gasteiger partial charge in [-0.15, -0.1) is 11.8 Å². The third kappa shape index (κ3) is 4.38. The summed E-state index contributed by atoms with van der Waals surface area (Å²) in [6.07, 6.45) is 9.72. The minimum Gasteiger partial charge on any atom is -0.470 e. The first-order chi connectivity index (χ1) is 11.8. The van der Waals surface area contributed by atoms with Crippen molar-refractivity contribution in [2.75, 3.05) is 18.8 Å². The van der Waals surface area contributed by atoms with Crippen molar-refractivity contribution < 1.29 is 9.53 Å². The van der Waals surface area contributed by atoms with Crippen molar-refractivity contribution in [3.8, 4) is 11.9 Å². The van der Waals surface area contributed by atoms with Gasteiger partial charge >= 0.3 is 0 Å². The zero-order valence-electron chi connectivity index (χ0n) is 13.7. The minimum atomic E-state index is -0.122. The fraction of sp³-hybridized carbons (Fsp3) is 0.647. The van der Waals surface area contributed by atoms with Crippen LogP contribution in [0, 0.1) is 11.3 Å².